The first kappa shape index (κ1) is 21.1. The third kappa shape index (κ3) is 5.71. The number of nitrogens with zero attached hydrogens (tertiary/aromatic N) is 1. The molecule has 1 fully saturated rings. The van der Waals surface area contributed by atoms with E-state index in [0.29, 0.717) is 17.1 Å². The highest BCUT2D eigenvalue weighted by molar-refractivity contribution is 9.10. The second-order valence-electron chi connectivity index (χ2n) is 6.64. The monoisotopic (exact) mass is 492 g/mol. The van der Waals surface area contributed by atoms with Crippen LogP contribution in [0.25, 0.3) is 6.08 Å². The van der Waals surface area contributed by atoms with Crippen LogP contribution < -0.4 is 10.1 Å². The van der Waals surface area contributed by atoms with E-state index in [0.717, 1.165) is 33.1 Å². The van der Waals surface area contributed by atoms with Gasteiger partial charge in [-0.3, -0.25) is 9.59 Å². The number of ether oxygens (including phenoxy) is 1. The highest BCUT2D eigenvalue weighted by Gasteiger charge is 2.24. The summed E-state index contributed by atoms with van der Waals surface area (Å²) in [4.78, 5) is 28.9. The molecule has 0 saturated carbocycles. The normalized spacial score (nSPS) is 15.8. The minimum Gasteiger partial charge on any atom is -0.489 e. The second-order valence-corrected chi connectivity index (χ2v) is 8.58. The highest BCUT2D eigenvalue weighted by atomic mass is 79.9. The fourth-order valence-electron chi connectivity index (χ4n) is 2.78. The minimum atomic E-state index is -0.392. The first-order chi connectivity index (χ1) is 15.1. The van der Waals surface area contributed by atoms with E-state index < -0.39 is 5.91 Å². The predicted molar refractivity (Wildman–Crippen MR) is 127 cm³/mol. The summed E-state index contributed by atoms with van der Waals surface area (Å²) in [5.74, 6) is 0.0707. The predicted octanol–water partition coefficient (Wildman–Crippen LogP) is 5.43. The van der Waals surface area contributed by atoms with E-state index >= 15 is 0 Å². The highest BCUT2D eigenvalue weighted by Crippen LogP contribution is 2.27. The molecule has 3 aromatic rings. The summed E-state index contributed by atoms with van der Waals surface area (Å²) >= 11 is 4.56. The molecule has 1 aliphatic heterocycles. The molecule has 154 valence electrons. The van der Waals surface area contributed by atoms with Crippen LogP contribution in [-0.4, -0.2) is 17.0 Å². The van der Waals surface area contributed by atoms with Gasteiger partial charge in [-0.15, -0.1) is 0 Å². The Labute approximate surface area is 192 Å². The maximum absolute atomic E-state index is 12.2. The van der Waals surface area contributed by atoms with Crippen LogP contribution >= 0.6 is 27.7 Å². The number of thioether (sulfide) groups is 1. The maximum Gasteiger partial charge on any atom is 0.279 e. The summed E-state index contributed by atoms with van der Waals surface area (Å²) in [6, 6.07) is 24.2. The van der Waals surface area contributed by atoms with Crippen LogP contribution in [0.3, 0.4) is 0 Å². The van der Waals surface area contributed by atoms with Gasteiger partial charge in [0.25, 0.3) is 11.8 Å². The third-order valence-corrected chi connectivity index (χ3v) is 5.81. The Kier molecular flexibility index (Phi) is 6.64. The first-order valence-electron chi connectivity index (χ1n) is 9.43. The summed E-state index contributed by atoms with van der Waals surface area (Å²) in [5.41, 5.74) is 2.40. The van der Waals surface area contributed by atoms with Gasteiger partial charge in [0.15, 0.2) is 5.17 Å². The molecule has 0 spiro atoms. The summed E-state index contributed by atoms with van der Waals surface area (Å²) in [6.45, 7) is 0.473. The number of halogens is 1. The Morgan fingerprint density at radius 2 is 1.71 bits per heavy atom. The lowest BCUT2D eigenvalue weighted by atomic mass is 10.2. The maximum atomic E-state index is 12.2. The number of nitrogens with one attached hydrogen (secondary N) is 1. The number of carbonyl (C=O) groups is 2. The lowest BCUT2D eigenvalue weighted by Gasteiger charge is -2.06. The standard InChI is InChI=1S/C24H17BrN2O3S/c25-19-10-6-17(7-11-19)15-30-20-12-8-16(9-13-20)14-21-23(29)27-24(31-21)26-22(28)18-4-2-1-3-5-18/h1-14H,15H2,(H,26,27,28,29)/b21-14-. The topological polar surface area (TPSA) is 67.8 Å². The quantitative estimate of drug-likeness (QED) is 0.482. The Balaban J connectivity index is 1.39. The largest absolute Gasteiger partial charge is 0.489 e. The van der Waals surface area contributed by atoms with Crippen molar-refractivity contribution in [1.29, 1.82) is 0 Å². The number of hydrogen-bond donors (Lipinski definition) is 1. The van der Waals surface area contributed by atoms with Crippen LogP contribution in [0.15, 0.2) is 93.2 Å². The van der Waals surface area contributed by atoms with Gasteiger partial charge in [-0.2, -0.15) is 4.99 Å². The number of rotatable bonds is 5. The van der Waals surface area contributed by atoms with Gasteiger partial charge in [-0.05, 0) is 65.4 Å². The molecule has 0 aliphatic carbocycles. The number of amides is 2. The van der Waals surface area contributed by atoms with Crippen molar-refractivity contribution in [2.24, 2.45) is 4.99 Å². The minimum absolute atomic E-state index is 0.277. The number of aliphatic imine (C=N–C) groups is 1. The zero-order valence-electron chi connectivity index (χ0n) is 16.2. The van der Waals surface area contributed by atoms with E-state index in [1.807, 2.05) is 54.6 Å². The van der Waals surface area contributed by atoms with E-state index in [1.54, 1.807) is 30.3 Å². The molecule has 5 nitrogen and oxygen atoms in total. The van der Waals surface area contributed by atoms with E-state index in [-0.39, 0.29) is 11.1 Å². The summed E-state index contributed by atoms with van der Waals surface area (Å²) in [5, 5.41) is 2.91. The Morgan fingerprint density at radius 1 is 1.00 bits per heavy atom. The van der Waals surface area contributed by atoms with Gasteiger partial charge in [-0.25, -0.2) is 0 Å². The number of benzene rings is 3. The molecule has 0 atom stereocenters. The van der Waals surface area contributed by atoms with Gasteiger partial charge in [0.2, 0.25) is 0 Å². The van der Waals surface area contributed by atoms with E-state index in [9.17, 15) is 9.59 Å². The summed E-state index contributed by atoms with van der Waals surface area (Å²) in [6.07, 6.45) is 1.76. The molecule has 4 rings (SSSR count). The molecule has 0 unspecified atom stereocenters. The zero-order chi connectivity index (χ0) is 21.6. The van der Waals surface area contributed by atoms with Crippen molar-refractivity contribution in [2.45, 2.75) is 6.61 Å². The molecule has 1 saturated heterocycles. The van der Waals surface area contributed by atoms with Crippen molar-refractivity contribution in [1.82, 2.24) is 5.32 Å². The van der Waals surface area contributed by atoms with Crippen molar-refractivity contribution in [2.75, 3.05) is 0 Å². The van der Waals surface area contributed by atoms with Crippen LogP contribution in [0, 0.1) is 0 Å². The molecule has 7 heteroatoms. The number of hydrogen-bond acceptors (Lipinski definition) is 4. The second kappa shape index (κ2) is 9.76. The van der Waals surface area contributed by atoms with Crippen molar-refractivity contribution < 1.29 is 14.3 Å². The SMILES string of the molecule is O=C1NC(=NC(=O)c2ccccc2)S/C1=C\c1ccc(OCc2ccc(Br)cc2)cc1. The number of amidine groups is 1. The van der Waals surface area contributed by atoms with E-state index in [2.05, 4.69) is 26.2 Å². The average Bonchev–Trinajstić information content (AvgIpc) is 3.13. The van der Waals surface area contributed by atoms with Gasteiger partial charge in [-0.1, -0.05) is 58.4 Å². The van der Waals surface area contributed by atoms with Crippen LogP contribution in [-0.2, 0) is 11.4 Å². The van der Waals surface area contributed by atoms with Gasteiger partial charge in [0.05, 0.1) is 4.91 Å². The molecular formula is C24H17BrN2O3S. The fourth-order valence-corrected chi connectivity index (χ4v) is 3.86. The molecule has 0 aromatic heterocycles. The molecular weight excluding hydrogens is 476 g/mol. The molecule has 31 heavy (non-hydrogen) atoms. The molecule has 3 aromatic carbocycles. The molecule has 2 amide bonds. The van der Waals surface area contributed by atoms with Crippen LogP contribution in [0.5, 0.6) is 5.75 Å². The average molecular weight is 493 g/mol. The smallest absolute Gasteiger partial charge is 0.279 e. The van der Waals surface area contributed by atoms with Crippen LogP contribution in [0.2, 0.25) is 0 Å². The van der Waals surface area contributed by atoms with Crippen molar-refractivity contribution in [3.8, 4) is 5.75 Å². The van der Waals surface area contributed by atoms with Gasteiger partial charge >= 0.3 is 0 Å². The molecule has 1 N–H and O–H groups in total. The van der Waals surface area contributed by atoms with Crippen molar-refractivity contribution in [3.63, 3.8) is 0 Å². The van der Waals surface area contributed by atoms with Gasteiger partial charge in [0.1, 0.15) is 12.4 Å². The summed E-state index contributed by atoms with van der Waals surface area (Å²) in [7, 11) is 0. The Bertz CT molecular complexity index is 1160. The van der Waals surface area contributed by atoms with Gasteiger partial charge in [0, 0.05) is 10.0 Å². The first-order valence-corrected chi connectivity index (χ1v) is 11.0. The fraction of sp³-hybridized carbons (Fsp3) is 0.0417. The Hall–Kier alpha value is -3.16. The Morgan fingerprint density at radius 3 is 2.42 bits per heavy atom. The van der Waals surface area contributed by atoms with Crippen molar-refractivity contribution in [3.05, 3.63) is 105 Å². The van der Waals surface area contributed by atoms with E-state index in [1.165, 1.54) is 0 Å². The molecule has 0 bridgehead atoms. The van der Waals surface area contributed by atoms with Crippen LogP contribution in [0.4, 0.5) is 0 Å². The van der Waals surface area contributed by atoms with E-state index in [4.69, 9.17) is 4.74 Å². The van der Waals surface area contributed by atoms with Crippen molar-refractivity contribution >= 4 is 50.7 Å². The molecule has 0 radical (unpaired) electrons. The lowest BCUT2D eigenvalue weighted by Crippen LogP contribution is -2.20. The lowest BCUT2D eigenvalue weighted by molar-refractivity contribution is -0.115. The van der Waals surface area contributed by atoms with Crippen LogP contribution in [0.1, 0.15) is 21.5 Å². The van der Waals surface area contributed by atoms with Gasteiger partial charge < -0.3 is 10.1 Å². The third-order valence-electron chi connectivity index (χ3n) is 4.37. The zero-order valence-corrected chi connectivity index (χ0v) is 18.7. The summed E-state index contributed by atoms with van der Waals surface area (Å²) < 4.78 is 6.83. The molecule has 1 aliphatic rings. The molecule has 1 heterocycles. The number of carbonyl (C=O) groups excluding carboxylic acids is 2.